The summed E-state index contributed by atoms with van der Waals surface area (Å²) in [6, 6.07) is 11.6. The van der Waals surface area contributed by atoms with Crippen LogP contribution in [-0.4, -0.2) is 95.3 Å². The zero-order chi connectivity index (χ0) is 26.4. The van der Waals surface area contributed by atoms with Gasteiger partial charge in [0.05, 0.1) is 25.4 Å². The molecule has 3 N–H and O–H groups in total. The highest BCUT2D eigenvalue weighted by Crippen LogP contribution is 2.35. The smallest absolute Gasteiger partial charge is 0.321 e. The third kappa shape index (κ3) is 7.02. The number of carboxylic acids is 1. The van der Waals surface area contributed by atoms with Crippen molar-refractivity contribution in [3.63, 3.8) is 0 Å². The number of carbonyl (C=O) groups is 1. The summed E-state index contributed by atoms with van der Waals surface area (Å²) in [6.45, 7) is 8.86. The van der Waals surface area contributed by atoms with Gasteiger partial charge in [-0.3, -0.25) is 9.69 Å². The van der Waals surface area contributed by atoms with Crippen molar-refractivity contribution in [1.82, 2.24) is 9.80 Å². The van der Waals surface area contributed by atoms with Crippen LogP contribution in [0.1, 0.15) is 36.8 Å². The van der Waals surface area contributed by atoms with Gasteiger partial charge in [-0.2, -0.15) is 0 Å². The Morgan fingerprint density at radius 1 is 0.892 bits per heavy atom. The minimum Gasteiger partial charge on any atom is -0.493 e. The highest BCUT2D eigenvalue weighted by atomic mass is 16.5. The van der Waals surface area contributed by atoms with Crippen LogP contribution in [0.25, 0.3) is 11.1 Å². The van der Waals surface area contributed by atoms with Crippen molar-refractivity contribution in [3.05, 3.63) is 47.5 Å². The summed E-state index contributed by atoms with van der Waals surface area (Å²) < 4.78 is 12.2. The standard InChI is InChI=1S/C29H40N2O6/c1-20-24(7-3-9-27(20)36-15-5-12-30-14-11-22(32)18-30)25-8-4-10-28(21(25)2)37-16-6-13-31-19-23(33)17-26(31)29(34)35/h3-4,7-10,22-23,26,32-33H,5-6,11-19H2,1-2H3,(H,34,35)/t22-,23+,26+/m1/s1. The van der Waals surface area contributed by atoms with Gasteiger partial charge in [-0.1, -0.05) is 24.3 Å². The second kappa shape index (κ2) is 12.7. The Labute approximate surface area is 219 Å². The molecule has 0 radical (unpaired) electrons. The Morgan fingerprint density at radius 2 is 1.49 bits per heavy atom. The molecular weight excluding hydrogens is 472 g/mol. The van der Waals surface area contributed by atoms with Crippen molar-refractivity contribution in [2.24, 2.45) is 0 Å². The summed E-state index contributed by atoms with van der Waals surface area (Å²) in [7, 11) is 0. The first kappa shape index (κ1) is 27.4. The van der Waals surface area contributed by atoms with Crippen molar-refractivity contribution in [2.45, 2.75) is 57.8 Å². The van der Waals surface area contributed by atoms with Crippen molar-refractivity contribution in [3.8, 4) is 22.6 Å². The maximum atomic E-state index is 11.4. The van der Waals surface area contributed by atoms with Gasteiger partial charge in [0.25, 0.3) is 0 Å². The van der Waals surface area contributed by atoms with Crippen LogP contribution in [0.4, 0.5) is 0 Å². The zero-order valence-corrected chi connectivity index (χ0v) is 21.9. The number of carboxylic acid groups (broad SMARTS) is 1. The molecule has 2 aliphatic rings. The summed E-state index contributed by atoms with van der Waals surface area (Å²) in [5, 5.41) is 28.9. The SMILES string of the molecule is Cc1c(OCCCN2CC[C@@H](O)C2)cccc1-c1cccc(OCCCN2C[C@@H](O)C[C@H]2C(=O)O)c1C. The normalized spacial score (nSPS) is 22.4. The largest absolute Gasteiger partial charge is 0.493 e. The van der Waals surface area contributed by atoms with Gasteiger partial charge in [0.15, 0.2) is 0 Å². The molecule has 2 aromatic carbocycles. The number of hydrogen-bond donors (Lipinski definition) is 3. The van der Waals surface area contributed by atoms with Gasteiger partial charge < -0.3 is 29.7 Å². The predicted octanol–water partition coefficient (Wildman–Crippen LogP) is 3.09. The Bertz CT molecular complexity index is 1060. The van der Waals surface area contributed by atoms with E-state index in [4.69, 9.17) is 9.47 Å². The Morgan fingerprint density at radius 3 is 2.03 bits per heavy atom. The number of ether oxygens (including phenoxy) is 2. The van der Waals surface area contributed by atoms with E-state index in [1.807, 2.05) is 29.2 Å². The number of benzene rings is 2. The van der Waals surface area contributed by atoms with Crippen molar-refractivity contribution in [2.75, 3.05) is 45.9 Å². The number of aliphatic hydroxyl groups is 2. The van der Waals surface area contributed by atoms with Crippen LogP contribution in [0, 0.1) is 13.8 Å². The lowest BCUT2D eigenvalue weighted by molar-refractivity contribution is -0.142. The van der Waals surface area contributed by atoms with Gasteiger partial charge in [0, 0.05) is 39.1 Å². The Balaban J connectivity index is 1.32. The zero-order valence-electron chi connectivity index (χ0n) is 21.9. The highest BCUT2D eigenvalue weighted by Gasteiger charge is 2.35. The summed E-state index contributed by atoms with van der Waals surface area (Å²) in [4.78, 5) is 15.5. The van der Waals surface area contributed by atoms with Crippen LogP contribution in [0.15, 0.2) is 36.4 Å². The van der Waals surface area contributed by atoms with E-state index >= 15 is 0 Å². The second-order valence-corrected chi connectivity index (χ2v) is 10.2. The van der Waals surface area contributed by atoms with E-state index in [9.17, 15) is 20.1 Å². The summed E-state index contributed by atoms with van der Waals surface area (Å²) in [5.74, 6) is 0.812. The molecule has 0 unspecified atom stereocenters. The molecule has 8 nitrogen and oxygen atoms in total. The maximum Gasteiger partial charge on any atom is 0.321 e. The second-order valence-electron chi connectivity index (χ2n) is 10.2. The minimum absolute atomic E-state index is 0.189. The van der Waals surface area contributed by atoms with E-state index in [1.54, 1.807) is 0 Å². The molecule has 2 heterocycles. The summed E-state index contributed by atoms with van der Waals surface area (Å²) >= 11 is 0. The molecule has 0 aromatic heterocycles. The van der Waals surface area contributed by atoms with Crippen LogP contribution in [0.3, 0.4) is 0 Å². The molecule has 37 heavy (non-hydrogen) atoms. The van der Waals surface area contributed by atoms with Crippen molar-refractivity contribution >= 4 is 5.97 Å². The summed E-state index contributed by atoms with van der Waals surface area (Å²) in [5.41, 5.74) is 4.35. The van der Waals surface area contributed by atoms with E-state index < -0.39 is 18.1 Å². The quantitative estimate of drug-likeness (QED) is 0.373. The van der Waals surface area contributed by atoms with E-state index in [1.165, 1.54) is 0 Å². The fraction of sp³-hybridized carbons (Fsp3) is 0.552. The lowest BCUT2D eigenvalue weighted by Gasteiger charge is -2.21. The molecule has 2 aromatic rings. The van der Waals surface area contributed by atoms with Crippen LogP contribution < -0.4 is 9.47 Å². The van der Waals surface area contributed by atoms with Crippen LogP contribution in [0.2, 0.25) is 0 Å². The lowest BCUT2D eigenvalue weighted by Crippen LogP contribution is -2.37. The van der Waals surface area contributed by atoms with Crippen LogP contribution >= 0.6 is 0 Å². The topological polar surface area (TPSA) is 103 Å². The Kier molecular flexibility index (Phi) is 9.43. The van der Waals surface area contributed by atoms with Gasteiger partial charge in [0.2, 0.25) is 0 Å². The molecular formula is C29H40N2O6. The Hall–Kier alpha value is -2.65. The van der Waals surface area contributed by atoms with E-state index in [2.05, 4.69) is 30.9 Å². The molecule has 0 spiro atoms. The number of β-amino-alcohol motifs (C(OH)–C–C–N with tert-alkyl or cyclic N) is 2. The first-order valence-electron chi connectivity index (χ1n) is 13.3. The highest BCUT2D eigenvalue weighted by molar-refractivity contribution is 5.75. The average Bonchev–Trinajstić information content (AvgIpc) is 3.46. The molecule has 2 aliphatic heterocycles. The lowest BCUT2D eigenvalue weighted by atomic mass is 9.95. The number of likely N-dealkylation sites (tertiary alicyclic amines) is 2. The van der Waals surface area contributed by atoms with Crippen LogP contribution in [-0.2, 0) is 4.79 Å². The monoisotopic (exact) mass is 512 g/mol. The van der Waals surface area contributed by atoms with Crippen molar-refractivity contribution in [1.29, 1.82) is 0 Å². The predicted molar refractivity (Wildman–Crippen MR) is 142 cm³/mol. The first-order chi connectivity index (χ1) is 17.8. The number of hydrogen-bond acceptors (Lipinski definition) is 7. The first-order valence-corrected chi connectivity index (χ1v) is 13.3. The fourth-order valence-electron chi connectivity index (χ4n) is 5.44. The molecule has 2 saturated heterocycles. The molecule has 202 valence electrons. The fourth-order valence-corrected chi connectivity index (χ4v) is 5.44. The molecule has 0 aliphatic carbocycles. The number of aliphatic hydroxyl groups excluding tert-OH is 2. The molecule has 4 rings (SSSR count). The molecule has 0 saturated carbocycles. The molecule has 0 amide bonds. The molecule has 2 fully saturated rings. The number of nitrogens with zero attached hydrogens (tertiary/aromatic N) is 2. The average molecular weight is 513 g/mol. The van der Waals surface area contributed by atoms with Gasteiger partial charge in [0.1, 0.15) is 17.5 Å². The van der Waals surface area contributed by atoms with E-state index in [-0.39, 0.29) is 12.5 Å². The summed E-state index contributed by atoms with van der Waals surface area (Å²) in [6.07, 6.45) is 1.97. The molecule has 0 bridgehead atoms. The van der Waals surface area contributed by atoms with Gasteiger partial charge in [-0.15, -0.1) is 0 Å². The van der Waals surface area contributed by atoms with Crippen LogP contribution in [0.5, 0.6) is 11.5 Å². The van der Waals surface area contributed by atoms with Gasteiger partial charge in [-0.25, -0.2) is 0 Å². The van der Waals surface area contributed by atoms with Gasteiger partial charge in [-0.05, 0) is 67.5 Å². The third-order valence-electron chi connectivity index (χ3n) is 7.50. The number of rotatable bonds is 12. The molecule has 3 atom stereocenters. The van der Waals surface area contributed by atoms with Gasteiger partial charge >= 0.3 is 5.97 Å². The van der Waals surface area contributed by atoms with Crippen molar-refractivity contribution < 1.29 is 29.6 Å². The number of aliphatic carboxylic acids is 1. The third-order valence-corrected chi connectivity index (χ3v) is 7.50. The maximum absolute atomic E-state index is 11.4. The molecule has 8 heteroatoms. The van der Waals surface area contributed by atoms with E-state index in [0.717, 1.165) is 66.2 Å². The minimum atomic E-state index is -0.881. The van der Waals surface area contributed by atoms with E-state index in [0.29, 0.717) is 32.7 Å².